The van der Waals surface area contributed by atoms with Crippen LogP contribution in [0, 0.1) is 16.0 Å². The van der Waals surface area contributed by atoms with Crippen molar-refractivity contribution < 1.29 is 29.2 Å². The number of aromatic carboxylic acids is 1. The van der Waals surface area contributed by atoms with E-state index in [0.29, 0.717) is 0 Å². The number of esters is 1. The molecule has 1 amide bonds. The molecule has 9 nitrogen and oxygen atoms in total. The summed E-state index contributed by atoms with van der Waals surface area (Å²) in [5, 5.41) is 20.2. The molecule has 1 aliphatic heterocycles. The summed E-state index contributed by atoms with van der Waals surface area (Å²) in [5.41, 5.74) is -0.893. The van der Waals surface area contributed by atoms with Gasteiger partial charge in [-0.25, -0.2) is 4.79 Å². The zero-order valence-electron chi connectivity index (χ0n) is 11.8. The summed E-state index contributed by atoms with van der Waals surface area (Å²) in [6.07, 6.45) is -0.128. The van der Waals surface area contributed by atoms with Crippen LogP contribution in [0.4, 0.5) is 11.4 Å². The normalized spacial score (nSPS) is 17.2. The maximum Gasteiger partial charge on any atom is 0.335 e. The lowest BCUT2D eigenvalue weighted by Crippen LogP contribution is -2.27. The predicted octanol–water partition coefficient (Wildman–Crippen LogP) is 1.58. The topological polar surface area (TPSA) is 127 Å². The Morgan fingerprint density at radius 2 is 2.13 bits per heavy atom. The van der Waals surface area contributed by atoms with Crippen molar-refractivity contribution in [3.63, 3.8) is 0 Å². The van der Waals surface area contributed by atoms with Crippen molar-refractivity contribution in [2.45, 2.75) is 6.42 Å². The third-order valence-electron chi connectivity index (χ3n) is 3.42. The molecule has 122 valence electrons. The van der Waals surface area contributed by atoms with E-state index in [0.717, 1.165) is 11.0 Å². The van der Waals surface area contributed by atoms with Crippen LogP contribution < -0.4 is 4.90 Å². The van der Waals surface area contributed by atoms with Gasteiger partial charge >= 0.3 is 11.9 Å². The van der Waals surface area contributed by atoms with Crippen LogP contribution in [0.3, 0.4) is 0 Å². The molecule has 0 spiro atoms. The van der Waals surface area contributed by atoms with E-state index in [1.54, 1.807) is 0 Å². The van der Waals surface area contributed by atoms with Gasteiger partial charge in [-0.2, -0.15) is 0 Å². The fourth-order valence-corrected chi connectivity index (χ4v) is 3.03. The first-order valence-electron chi connectivity index (χ1n) is 6.35. The monoisotopic (exact) mass is 386 g/mol. The summed E-state index contributed by atoms with van der Waals surface area (Å²) < 4.78 is 4.67. The SMILES string of the molecule is COC(=O)C1CC(=O)N(c2c(Br)cc(C(=O)O)cc2[N+](=O)[O-])C1. The van der Waals surface area contributed by atoms with Crippen LogP contribution in [0.25, 0.3) is 0 Å². The number of nitro groups is 1. The summed E-state index contributed by atoms with van der Waals surface area (Å²) in [7, 11) is 1.19. The molecule has 0 saturated carbocycles. The van der Waals surface area contributed by atoms with E-state index in [1.165, 1.54) is 13.2 Å². The molecule has 1 unspecified atom stereocenters. The van der Waals surface area contributed by atoms with Crippen LogP contribution in [-0.2, 0) is 14.3 Å². The number of ether oxygens (including phenoxy) is 1. The van der Waals surface area contributed by atoms with Gasteiger partial charge in [0.05, 0.1) is 23.5 Å². The molecule has 0 radical (unpaired) electrons. The van der Waals surface area contributed by atoms with Crippen molar-refractivity contribution in [3.05, 3.63) is 32.3 Å². The van der Waals surface area contributed by atoms with E-state index in [-0.39, 0.29) is 28.7 Å². The van der Waals surface area contributed by atoms with Crippen LogP contribution in [0.5, 0.6) is 0 Å². The molecule has 1 heterocycles. The number of carbonyl (C=O) groups excluding carboxylic acids is 2. The van der Waals surface area contributed by atoms with Gasteiger partial charge in [0, 0.05) is 23.5 Å². The van der Waals surface area contributed by atoms with Crippen molar-refractivity contribution >= 4 is 45.2 Å². The van der Waals surface area contributed by atoms with Gasteiger partial charge in [-0.3, -0.25) is 19.7 Å². The molecule has 0 aromatic heterocycles. The summed E-state index contributed by atoms with van der Waals surface area (Å²) in [6, 6.07) is 2.05. The fourth-order valence-electron chi connectivity index (χ4n) is 2.36. The molecule has 1 aliphatic rings. The van der Waals surface area contributed by atoms with E-state index >= 15 is 0 Å². The van der Waals surface area contributed by atoms with E-state index in [4.69, 9.17) is 5.11 Å². The molecule has 1 aromatic carbocycles. The Balaban J connectivity index is 2.51. The summed E-state index contributed by atoms with van der Waals surface area (Å²) in [4.78, 5) is 46.3. The lowest BCUT2D eigenvalue weighted by atomic mass is 10.1. The minimum absolute atomic E-state index is 0.0721. The van der Waals surface area contributed by atoms with Gasteiger partial charge in [0.25, 0.3) is 5.69 Å². The maximum absolute atomic E-state index is 12.1. The fraction of sp³-hybridized carbons (Fsp3) is 0.308. The van der Waals surface area contributed by atoms with Gasteiger partial charge in [-0.15, -0.1) is 0 Å². The molecule has 1 N–H and O–H groups in total. The molecule has 0 bridgehead atoms. The molecular weight excluding hydrogens is 376 g/mol. The molecular formula is C13H11BrN2O7. The zero-order valence-corrected chi connectivity index (χ0v) is 13.4. The summed E-state index contributed by atoms with van der Waals surface area (Å²) in [5.74, 6) is -3.12. The Bertz CT molecular complexity index is 719. The Kier molecular flexibility index (Phi) is 4.64. The van der Waals surface area contributed by atoms with Crippen LogP contribution in [0.2, 0.25) is 0 Å². The summed E-state index contributed by atoms with van der Waals surface area (Å²) in [6.45, 7) is -0.0721. The highest BCUT2D eigenvalue weighted by molar-refractivity contribution is 9.10. The predicted molar refractivity (Wildman–Crippen MR) is 80.2 cm³/mol. The number of methoxy groups -OCH3 is 1. The second-order valence-corrected chi connectivity index (χ2v) is 5.67. The Morgan fingerprint density at radius 3 is 2.65 bits per heavy atom. The van der Waals surface area contributed by atoms with Crippen molar-refractivity contribution in [3.8, 4) is 0 Å². The second-order valence-electron chi connectivity index (χ2n) is 4.82. The number of hydrogen-bond donors (Lipinski definition) is 1. The first-order chi connectivity index (χ1) is 10.8. The average Bonchev–Trinajstić information content (AvgIpc) is 2.86. The number of rotatable bonds is 4. The van der Waals surface area contributed by atoms with Crippen molar-refractivity contribution in [2.24, 2.45) is 5.92 Å². The molecule has 1 atom stereocenters. The summed E-state index contributed by atoms with van der Waals surface area (Å²) >= 11 is 3.07. The smallest absolute Gasteiger partial charge is 0.335 e. The van der Waals surface area contributed by atoms with Gasteiger partial charge in [-0.1, -0.05) is 0 Å². The number of halogens is 1. The Morgan fingerprint density at radius 1 is 1.48 bits per heavy atom. The Hall–Kier alpha value is -2.49. The number of benzene rings is 1. The van der Waals surface area contributed by atoms with Crippen LogP contribution in [0.1, 0.15) is 16.8 Å². The zero-order chi connectivity index (χ0) is 17.3. The van der Waals surface area contributed by atoms with Gasteiger partial charge in [0.15, 0.2) is 0 Å². The number of carboxylic acids is 1. The van der Waals surface area contributed by atoms with Crippen LogP contribution in [0.15, 0.2) is 16.6 Å². The lowest BCUT2D eigenvalue weighted by Gasteiger charge is -2.18. The van der Waals surface area contributed by atoms with Crippen molar-refractivity contribution in [1.29, 1.82) is 0 Å². The first-order valence-corrected chi connectivity index (χ1v) is 7.15. The van der Waals surface area contributed by atoms with E-state index < -0.39 is 34.4 Å². The Labute approximate surface area is 138 Å². The molecule has 0 aliphatic carbocycles. The third-order valence-corrected chi connectivity index (χ3v) is 4.02. The molecule has 10 heteroatoms. The van der Waals surface area contributed by atoms with Gasteiger partial charge in [0.2, 0.25) is 5.91 Å². The highest BCUT2D eigenvalue weighted by Crippen LogP contribution is 2.40. The minimum Gasteiger partial charge on any atom is -0.478 e. The number of hydrogen-bond acceptors (Lipinski definition) is 6. The number of nitrogens with zero attached hydrogens (tertiary/aromatic N) is 2. The van der Waals surface area contributed by atoms with Gasteiger partial charge in [0.1, 0.15) is 5.69 Å². The quantitative estimate of drug-likeness (QED) is 0.472. The van der Waals surface area contributed by atoms with Crippen molar-refractivity contribution in [2.75, 3.05) is 18.6 Å². The van der Waals surface area contributed by atoms with E-state index in [9.17, 15) is 24.5 Å². The number of amides is 1. The number of carbonyl (C=O) groups is 3. The average molecular weight is 387 g/mol. The van der Waals surface area contributed by atoms with Crippen LogP contribution in [-0.4, -0.2) is 41.5 Å². The van der Waals surface area contributed by atoms with Crippen molar-refractivity contribution in [1.82, 2.24) is 0 Å². The molecule has 23 heavy (non-hydrogen) atoms. The highest BCUT2D eigenvalue weighted by atomic mass is 79.9. The van der Waals surface area contributed by atoms with Gasteiger partial charge < -0.3 is 14.7 Å². The molecule has 1 aromatic rings. The second kappa shape index (κ2) is 6.32. The third kappa shape index (κ3) is 3.16. The maximum atomic E-state index is 12.1. The highest BCUT2D eigenvalue weighted by Gasteiger charge is 2.39. The van der Waals surface area contributed by atoms with E-state index in [2.05, 4.69) is 20.7 Å². The minimum atomic E-state index is -1.33. The standard InChI is InChI=1S/C13H11BrN2O7/c1-23-13(20)7-4-10(17)15(5-7)11-8(14)2-6(12(18)19)3-9(11)16(21)22/h2-3,7H,4-5H2,1H3,(H,18,19). The molecule has 2 rings (SSSR count). The number of nitro benzene ring substituents is 1. The van der Waals surface area contributed by atoms with Crippen LogP contribution >= 0.6 is 15.9 Å². The first kappa shape index (κ1) is 16.9. The number of carboxylic acid groups (broad SMARTS) is 1. The number of anilines is 1. The largest absolute Gasteiger partial charge is 0.478 e. The molecule has 1 fully saturated rings. The van der Waals surface area contributed by atoms with Gasteiger partial charge in [-0.05, 0) is 22.0 Å². The van der Waals surface area contributed by atoms with E-state index in [1.807, 2.05) is 0 Å². The molecule has 1 saturated heterocycles. The lowest BCUT2D eigenvalue weighted by molar-refractivity contribution is -0.384.